The van der Waals surface area contributed by atoms with Crippen LogP contribution in [-0.4, -0.2) is 28.7 Å². The van der Waals surface area contributed by atoms with Gasteiger partial charge in [-0.3, -0.25) is 15.8 Å². The summed E-state index contributed by atoms with van der Waals surface area (Å²) in [7, 11) is 0. The molecule has 1 heterocycles. The van der Waals surface area contributed by atoms with Crippen molar-refractivity contribution in [3.8, 4) is 0 Å². The molecule has 5 N–H and O–H groups in total. The van der Waals surface area contributed by atoms with Gasteiger partial charge in [0, 0.05) is 12.6 Å². The lowest BCUT2D eigenvalue weighted by molar-refractivity contribution is -0.134. The Bertz CT molecular complexity index is 299. The molecule has 15 heavy (non-hydrogen) atoms. The summed E-state index contributed by atoms with van der Waals surface area (Å²) in [5, 5.41) is 9.72. The van der Waals surface area contributed by atoms with Gasteiger partial charge in [0.2, 0.25) is 0 Å². The molecule has 0 saturated heterocycles. The van der Waals surface area contributed by atoms with Crippen LogP contribution in [0.4, 0.5) is 0 Å². The van der Waals surface area contributed by atoms with Crippen molar-refractivity contribution in [3.05, 3.63) is 11.8 Å². The van der Waals surface area contributed by atoms with Crippen molar-refractivity contribution in [2.75, 3.05) is 6.54 Å². The van der Waals surface area contributed by atoms with Crippen LogP contribution >= 0.6 is 0 Å². The summed E-state index contributed by atoms with van der Waals surface area (Å²) >= 11 is 0. The number of hydrogen-bond donors (Lipinski definition) is 4. The van der Waals surface area contributed by atoms with E-state index in [1.54, 1.807) is 0 Å². The Morgan fingerprint density at radius 3 is 3.00 bits per heavy atom. The second-order valence-corrected chi connectivity index (χ2v) is 3.08. The van der Waals surface area contributed by atoms with Crippen molar-refractivity contribution in [1.29, 1.82) is 0 Å². The molecule has 84 valence electrons. The first-order chi connectivity index (χ1) is 7.13. The second-order valence-electron chi connectivity index (χ2n) is 3.08. The van der Waals surface area contributed by atoms with Crippen molar-refractivity contribution in [3.63, 3.8) is 0 Å². The highest BCUT2D eigenvalue weighted by atomic mass is 16.4. The van der Waals surface area contributed by atoms with E-state index in [9.17, 15) is 4.79 Å². The van der Waals surface area contributed by atoms with Crippen molar-refractivity contribution < 1.29 is 9.90 Å². The molecule has 0 saturated carbocycles. The standard InChI is InChI=1S/C8H15N5O2/c1-2-3-4-10-7-5-6(8(14)15)11-13(9)12-7/h5,11H,2-4,9H2,1H3,(H,10,12)(H,14,15). The lowest BCUT2D eigenvalue weighted by atomic mass is 10.3. The fourth-order valence-electron chi connectivity index (χ4n) is 1.03. The molecular formula is C8H15N5O2. The summed E-state index contributed by atoms with van der Waals surface area (Å²) < 4.78 is 0. The number of hydrogen-bond acceptors (Lipinski definition) is 5. The molecule has 1 aliphatic rings. The summed E-state index contributed by atoms with van der Waals surface area (Å²) in [6.45, 7) is 2.71. The fourth-order valence-corrected chi connectivity index (χ4v) is 1.03. The van der Waals surface area contributed by atoms with Gasteiger partial charge in [0.15, 0.2) is 0 Å². The molecule has 0 radical (unpaired) electrons. The lowest BCUT2D eigenvalue weighted by Crippen LogP contribution is -2.58. The summed E-state index contributed by atoms with van der Waals surface area (Å²) in [6.07, 6.45) is 3.40. The van der Waals surface area contributed by atoms with Crippen molar-refractivity contribution in [2.24, 2.45) is 10.8 Å². The Morgan fingerprint density at radius 2 is 2.40 bits per heavy atom. The van der Waals surface area contributed by atoms with Gasteiger partial charge in [-0.1, -0.05) is 18.6 Å². The molecule has 7 nitrogen and oxygen atoms in total. The van der Waals surface area contributed by atoms with Crippen molar-refractivity contribution >= 4 is 11.8 Å². The van der Waals surface area contributed by atoms with Crippen LogP contribution in [-0.2, 0) is 4.79 Å². The van der Waals surface area contributed by atoms with E-state index in [4.69, 9.17) is 10.9 Å². The number of nitrogens with two attached hydrogens (primary N) is 1. The number of aliphatic imine (C=N–C) groups is 1. The number of carboxylic acids is 1. The van der Waals surface area contributed by atoms with E-state index in [-0.39, 0.29) is 5.70 Å². The van der Waals surface area contributed by atoms with Crippen molar-refractivity contribution in [2.45, 2.75) is 19.8 Å². The number of hydrazine groups is 3. The van der Waals surface area contributed by atoms with E-state index in [2.05, 4.69) is 22.8 Å². The summed E-state index contributed by atoms with van der Waals surface area (Å²) in [4.78, 5) is 14.8. The maximum absolute atomic E-state index is 10.7. The van der Waals surface area contributed by atoms with Crippen molar-refractivity contribution in [1.82, 2.24) is 16.1 Å². The van der Waals surface area contributed by atoms with Gasteiger partial charge in [-0.2, -0.15) is 0 Å². The number of carboxylic acid groups (broad SMARTS) is 1. The van der Waals surface area contributed by atoms with Gasteiger partial charge in [0.25, 0.3) is 0 Å². The predicted molar refractivity (Wildman–Crippen MR) is 55.2 cm³/mol. The van der Waals surface area contributed by atoms with Crippen LogP contribution in [0.1, 0.15) is 19.8 Å². The molecule has 7 heteroatoms. The van der Waals surface area contributed by atoms with Gasteiger partial charge in [-0.05, 0) is 6.42 Å². The third-order valence-corrected chi connectivity index (χ3v) is 1.78. The van der Waals surface area contributed by atoms with E-state index in [0.717, 1.165) is 18.1 Å². The van der Waals surface area contributed by atoms with Crippen LogP contribution in [0.5, 0.6) is 0 Å². The quantitative estimate of drug-likeness (QED) is 0.365. The van der Waals surface area contributed by atoms with E-state index in [0.29, 0.717) is 12.4 Å². The summed E-state index contributed by atoms with van der Waals surface area (Å²) in [5.74, 6) is 4.76. The highest BCUT2D eigenvalue weighted by Gasteiger charge is 2.16. The number of amidine groups is 1. The zero-order valence-corrected chi connectivity index (χ0v) is 8.53. The number of carbonyl (C=O) groups is 1. The zero-order chi connectivity index (χ0) is 11.3. The van der Waals surface area contributed by atoms with Gasteiger partial charge in [0.05, 0.1) is 0 Å². The number of rotatable bonds is 4. The molecule has 1 aliphatic heterocycles. The Morgan fingerprint density at radius 1 is 1.67 bits per heavy atom. The second kappa shape index (κ2) is 5.32. The molecule has 1 rings (SSSR count). The number of nitrogens with one attached hydrogen (secondary N) is 2. The lowest BCUT2D eigenvalue weighted by Gasteiger charge is -2.24. The molecule has 0 aliphatic carbocycles. The summed E-state index contributed by atoms with van der Waals surface area (Å²) in [5.41, 5.74) is 5.08. The minimum absolute atomic E-state index is 0.00787. The average molecular weight is 213 g/mol. The van der Waals surface area contributed by atoms with E-state index in [1.807, 2.05) is 0 Å². The molecule has 0 spiro atoms. The minimum Gasteiger partial charge on any atom is -0.477 e. The molecule has 0 atom stereocenters. The van der Waals surface area contributed by atoms with E-state index >= 15 is 0 Å². The largest absolute Gasteiger partial charge is 0.477 e. The maximum Gasteiger partial charge on any atom is 0.353 e. The van der Waals surface area contributed by atoms with Crippen LogP contribution in [0.2, 0.25) is 0 Å². The Kier molecular flexibility index (Phi) is 4.07. The van der Waals surface area contributed by atoms with Crippen LogP contribution in [0.25, 0.3) is 0 Å². The molecule has 0 aromatic carbocycles. The molecule has 0 amide bonds. The third kappa shape index (κ3) is 3.56. The Balaban J connectivity index is 2.68. The van der Waals surface area contributed by atoms with Crippen LogP contribution in [0.15, 0.2) is 16.8 Å². The molecule has 0 fully saturated rings. The highest BCUT2D eigenvalue weighted by molar-refractivity contribution is 6.00. The van der Waals surface area contributed by atoms with Crippen LogP contribution in [0.3, 0.4) is 0 Å². The first-order valence-corrected chi connectivity index (χ1v) is 4.71. The predicted octanol–water partition coefficient (Wildman–Crippen LogP) is -0.648. The van der Waals surface area contributed by atoms with Gasteiger partial charge in [0.1, 0.15) is 11.5 Å². The van der Waals surface area contributed by atoms with Crippen LogP contribution in [0, 0.1) is 0 Å². The zero-order valence-electron chi connectivity index (χ0n) is 8.53. The highest BCUT2D eigenvalue weighted by Crippen LogP contribution is 1.97. The SMILES string of the molecule is CCCCN=C1C=C(C(=O)O)NN(N)N1. The monoisotopic (exact) mass is 213 g/mol. The van der Waals surface area contributed by atoms with Gasteiger partial charge >= 0.3 is 5.97 Å². The first kappa shape index (κ1) is 11.5. The molecule has 0 aromatic heterocycles. The van der Waals surface area contributed by atoms with Gasteiger partial charge in [-0.15, -0.1) is 0 Å². The maximum atomic E-state index is 10.7. The fraction of sp³-hybridized carbons (Fsp3) is 0.500. The molecule has 0 aromatic rings. The van der Waals surface area contributed by atoms with Gasteiger partial charge in [-0.25, -0.2) is 10.6 Å². The average Bonchev–Trinajstić information content (AvgIpc) is 2.17. The number of unbranched alkanes of at least 4 members (excludes halogenated alkanes) is 1. The van der Waals surface area contributed by atoms with Gasteiger partial charge < -0.3 is 5.11 Å². The Hall–Kier alpha value is -1.60. The molecule has 0 bridgehead atoms. The molecule has 0 unspecified atom stereocenters. The normalized spacial score (nSPS) is 19.3. The number of nitrogens with zero attached hydrogens (tertiary/aromatic N) is 2. The minimum atomic E-state index is -1.07. The first-order valence-electron chi connectivity index (χ1n) is 4.71. The topological polar surface area (TPSA) is 103 Å². The van der Waals surface area contributed by atoms with E-state index in [1.165, 1.54) is 6.08 Å². The number of aliphatic carboxylic acids is 1. The summed E-state index contributed by atoms with van der Waals surface area (Å²) in [6, 6.07) is 0. The van der Waals surface area contributed by atoms with E-state index < -0.39 is 5.97 Å². The Labute approximate surface area is 87.6 Å². The van der Waals surface area contributed by atoms with Crippen LogP contribution < -0.4 is 16.7 Å². The third-order valence-electron chi connectivity index (χ3n) is 1.78. The smallest absolute Gasteiger partial charge is 0.353 e. The molecular weight excluding hydrogens is 198 g/mol.